The summed E-state index contributed by atoms with van der Waals surface area (Å²) in [4.78, 5) is 11.5. The maximum absolute atomic E-state index is 11.5. The van der Waals surface area contributed by atoms with Crippen LogP contribution in [-0.2, 0) is 11.3 Å². The van der Waals surface area contributed by atoms with Gasteiger partial charge in [0.1, 0.15) is 0 Å². The Morgan fingerprint density at radius 3 is 3.07 bits per heavy atom. The molecular weight excluding hydrogens is 194 g/mol. The van der Waals surface area contributed by atoms with Gasteiger partial charge in [-0.15, -0.1) is 0 Å². The molecule has 0 radical (unpaired) electrons. The predicted molar refractivity (Wildman–Crippen MR) is 54.6 cm³/mol. The van der Waals surface area contributed by atoms with Crippen LogP contribution in [0.1, 0.15) is 36.8 Å². The van der Waals surface area contributed by atoms with Gasteiger partial charge in [-0.05, 0) is 20.8 Å². The van der Waals surface area contributed by atoms with Crippen LogP contribution >= 0.6 is 0 Å². The van der Waals surface area contributed by atoms with Gasteiger partial charge in [-0.25, -0.2) is 4.79 Å². The molecule has 5 heteroatoms. The Bertz CT molecular complexity index is 398. The van der Waals surface area contributed by atoms with Gasteiger partial charge in [-0.2, -0.15) is 9.78 Å². The fourth-order valence-electron chi connectivity index (χ4n) is 1.98. The highest BCUT2D eigenvalue weighted by molar-refractivity contribution is 5.71. The minimum absolute atomic E-state index is 0.267. The van der Waals surface area contributed by atoms with Gasteiger partial charge in [0, 0.05) is 18.2 Å². The summed E-state index contributed by atoms with van der Waals surface area (Å²) in [6.07, 6.45) is -0.392. The molecular formula is C10H15N3O2. The van der Waals surface area contributed by atoms with E-state index in [1.165, 1.54) is 4.68 Å². The molecule has 1 aromatic rings. The van der Waals surface area contributed by atoms with Crippen molar-refractivity contribution in [2.24, 2.45) is 0 Å². The standard InChI is InChI=1S/C10H15N3O2/c1-4-15-10(14)13-7(3)9-6(2)11-5-8(9)12-13/h6,11H,4-5H2,1-3H3. The number of aromatic nitrogens is 2. The second-order valence-corrected chi connectivity index (χ2v) is 3.66. The summed E-state index contributed by atoms with van der Waals surface area (Å²) in [5.74, 6) is 0. The Labute approximate surface area is 88.4 Å². The fourth-order valence-corrected chi connectivity index (χ4v) is 1.98. The number of nitrogens with zero attached hydrogens (tertiary/aromatic N) is 2. The van der Waals surface area contributed by atoms with Crippen LogP contribution in [0.2, 0.25) is 0 Å². The van der Waals surface area contributed by atoms with Gasteiger partial charge in [0.05, 0.1) is 18.0 Å². The van der Waals surface area contributed by atoms with Gasteiger partial charge in [-0.3, -0.25) is 0 Å². The molecule has 0 saturated heterocycles. The zero-order valence-electron chi connectivity index (χ0n) is 9.20. The molecule has 0 saturated carbocycles. The van der Waals surface area contributed by atoms with Gasteiger partial charge < -0.3 is 10.1 Å². The quantitative estimate of drug-likeness (QED) is 0.758. The lowest BCUT2D eigenvalue weighted by atomic mass is 10.1. The topological polar surface area (TPSA) is 56.2 Å². The Morgan fingerprint density at radius 2 is 2.47 bits per heavy atom. The molecule has 1 atom stereocenters. The van der Waals surface area contributed by atoms with Crippen LogP contribution in [0.3, 0.4) is 0 Å². The number of rotatable bonds is 1. The Balaban J connectivity index is 2.36. The average Bonchev–Trinajstić information content (AvgIpc) is 2.70. The number of ether oxygens (including phenoxy) is 1. The van der Waals surface area contributed by atoms with Crippen LogP contribution in [0.4, 0.5) is 4.79 Å². The molecule has 1 aliphatic rings. The zero-order valence-corrected chi connectivity index (χ0v) is 9.20. The molecule has 2 rings (SSSR count). The molecule has 0 spiro atoms. The number of hydrogen-bond donors (Lipinski definition) is 1. The fraction of sp³-hybridized carbons (Fsp3) is 0.600. The molecule has 0 aliphatic carbocycles. The van der Waals surface area contributed by atoms with Crippen LogP contribution < -0.4 is 5.32 Å². The first-order valence-electron chi connectivity index (χ1n) is 5.14. The number of carbonyl (C=O) groups excluding carboxylic acids is 1. The zero-order chi connectivity index (χ0) is 11.0. The first-order chi connectivity index (χ1) is 7.15. The summed E-state index contributed by atoms with van der Waals surface area (Å²) in [5.41, 5.74) is 2.96. The van der Waals surface area contributed by atoms with Crippen LogP contribution in [-0.4, -0.2) is 22.5 Å². The van der Waals surface area contributed by atoms with E-state index >= 15 is 0 Å². The lowest BCUT2D eigenvalue weighted by molar-refractivity contribution is 0.149. The second-order valence-electron chi connectivity index (χ2n) is 3.66. The van der Waals surface area contributed by atoms with Crippen molar-refractivity contribution in [2.75, 3.05) is 6.61 Å². The second kappa shape index (κ2) is 3.66. The maximum Gasteiger partial charge on any atom is 0.434 e. The third-order valence-electron chi connectivity index (χ3n) is 2.69. The molecule has 5 nitrogen and oxygen atoms in total. The molecule has 82 valence electrons. The summed E-state index contributed by atoms with van der Waals surface area (Å²) in [6.45, 7) is 6.84. The lowest BCUT2D eigenvalue weighted by Gasteiger charge is -2.07. The van der Waals surface area contributed by atoms with Crippen molar-refractivity contribution in [2.45, 2.75) is 33.4 Å². The van der Waals surface area contributed by atoms with Crippen molar-refractivity contribution in [3.05, 3.63) is 17.0 Å². The van der Waals surface area contributed by atoms with Crippen molar-refractivity contribution < 1.29 is 9.53 Å². The monoisotopic (exact) mass is 209 g/mol. The van der Waals surface area contributed by atoms with Gasteiger partial charge in [0.2, 0.25) is 0 Å². The van der Waals surface area contributed by atoms with E-state index in [4.69, 9.17) is 4.74 Å². The molecule has 15 heavy (non-hydrogen) atoms. The van der Waals surface area contributed by atoms with E-state index < -0.39 is 6.09 Å². The molecule has 1 unspecified atom stereocenters. The van der Waals surface area contributed by atoms with E-state index in [0.717, 1.165) is 23.5 Å². The number of nitrogens with one attached hydrogen (secondary N) is 1. The van der Waals surface area contributed by atoms with Gasteiger partial charge in [0.15, 0.2) is 0 Å². The smallest absolute Gasteiger partial charge is 0.434 e. The van der Waals surface area contributed by atoms with Crippen molar-refractivity contribution in [3.8, 4) is 0 Å². The number of carbonyl (C=O) groups is 1. The highest BCUT2D eigenvalue weighted by Gasteiger charge is 2.27. The van der Waals surface area contributed by atoms with Crippen molar-refractivity contribution in [3.63, 3.8) is 0 Å². The van der Waals surface area contributed by atoms with Crippen molar-refractivity contribution in [1.29, 1.82) is 0 Å². The van der Waals surface area contributed by atoms with Crippen molar-refractivity contribution in [1.82, 2.24) is 15.1 Å². The Morgan fingerprint density at radius 1 is 1.73 bits per heavy atom. The number of hydrogen-bond acceptors (Lipinski definition) is 4. The largest absolute Gasteiger partial charge is 0.448 e. The molecule has 2 heterocycles. The van der Waals surface area contributed by atoms with E-state index in [0.29, 0.717) is 6.61 Å². The molecule has 1 aromatic heterocycles. The molecule has 1 aliphatic heterocycles. The SMILES string of the molecule is CCOC(=O)n1nc2c(c1C)C(C)NC2. The number of fused-ring (bicyclic) bond motifs is 1. The van der Waals surface area contributed by atoms with Gasteiger partial charge in [-0.1, -0.05) is 0 Å². The minimum atomic E-state index is -0.392. The highest BCUT2D eigenvalue weighted by Crippen LogP contribution is 2.27. The highest BCUT2D eigenvalue weighted by atomic mass is 16.5. The first-order valence-corrected chi connectivity index (χ1v) is 5.14. The van der Waals surface area contributed by atoms with Crippen LogP contribution in [0, 0.1) is 6.92 Å². The summed E-state index contributed by atoms with van der Waals surface area (Å²) in [7, 11) is 0. The first kappa shape index (κ1) is 10.2. The van der Waals surface area contributed by atoms with E-state index in [2.05, 4.69) is 17.3 Å². The van der Waals surface area contributed by atoms with E-state index in [1.807, 2.05) is 6.92 Å². The van der Waals surface area contributed by atoms with Crippen LogP contribution in [0.25, 0.3) is 0 Å². The molecule has 1 N–H and O–H groups in total. The summed E-state index contributed by atoms with van der Waals surface area (Å²) in [6, 6.07) is 0.267. The van der Waals surface area contributed by atoms with Crippen LogP contribution in [0.5, 0.6) is 0 Å². The third-order valence-corrected chi connectivity index (χ3v) is 2.69. The van der Waals surface area contributed by atoms with Gasteiger partial charge >= 0.3 is 6.09 Å². The van der Waals surface area contributed by atoms with E-state index in [9.17, 15) is 4.79 Å². The molecule has 0 bridgehead atoms. The summed E-state index contributed by atoms with van der Waals surface area (Å²) >= 11 is 0. The molecule has 0 aromatic carbocycles. The lowest BCUT2D eigenvalue weighted by Crippen LogP contribution is -2.19. The Kier molecular flexibility index (Phi) is 2.48. The normalized spacial score (nSPS) is 19.0. The van der Waals surface area contributed by atoms with E-state index in [-0.39, 0.29) is 6.04 Å². The minimum Gasteiger partial charge on any atom is -0.448 e. The molecule has 0 amide bonds. The average molecular weight is 209 g/mol. The predicted octanol–water partition coefficient (Wildman–Crippen LogP) is 1.36. The maximum atomic E-state index is 11.5. The van der Waals surface area contributed by atoms with E-state index in [1.54, 1.807) is 6.92 Å². The Hall–Kier alpha value is -1.36. The van der Waals surface area contributed by atoms with Gasteiger partial charge in [0.25, 0.3) is 0 Å². The van der Waals surface area contributed by atoms with Crippen LogP contribution in [0.15, 0.2) is 0 Å². The molecule has 0 fully saturated rings. The third kappa shape index (κ3) is 1.52. The van der Waals surface area contributed by atoms with Crippen molar-refractivity contribution >= 4 is 6.09 Å². The summed E-state index contributed by atoms with van der Waals surface area (Å²) < 4.78 is 6.27. The summed E-state index contributed by atoms with van der Waals surface area (Å²) in [5, 5.41) is 7.51.